The molecule has 1 saturated carbocycles. The van der Waals surface area contributed by atoms with E-state index < -0.39 is 0 Å². The molecule has 6 unspecified atom stereocenters. The number of epoxide rings is 1. The van der Waals surface area contributed by atoms with Gasteiger partial charge in [0.25, 0.3) is 5.91 Å². The van der Waals surface area contributed by atoms with E-state index in [9.17, 15) is 9.59 Å². The molecule has 1 aromatic rings. The Labute approximate surface area is 189 Å². The lowest BCUT2D eigenvalue weighted by Crippen LogP contribution is -2.50. The predicted molar refractivity (Wildman–Crippen MR) is 119 cm³/mol. The van der Waals surface area contributed by atoms with E-state index in [4.69, 9.17) is 9.47 Å². The number of ether oxygens (including phenoxy) is 2. The molecule has 6 rings (SSSR count). The molecule has 1 amide bonds. The third-order valence-electron chi connectivity index (χ3n) is 8.89. The van der Waals surface area contributed by atoms with Crippen molar-refractivity contribution in [3.8, 4) is 0 Å². The molecule has 4 fully saturated rings. The highest BCUT2D eigenvalue weighted by Gasteiger charge is 2.75. The van der Waals surface area contributed by atoms with Crippen molar-refractivity contribution in [1.29, 1.82) is 0 Å². The normalized spacial score (nSPS) is 40.6. The van der Waals surface area contributed by atoms with Crippen LogP contribution in [0.2, 0.25) is 0 Å². The zero-order valence-electron chi connectivity index (χ0n) is 19.0. The summed E-state index contributed by atoms with van der Waals surface area (Å²) in [4.78, 5) is 30.0. The fraction of sp³-hybridized carbons (Fsp3) is 0.615. The minimum Gasteiger partial charge on any atom is -0.461 e. The van der Waals surface area contributed by atoms with Gasteiger partial charge in [-0.2, -0.15) is 0 Å². The second-order valence-corrected chi connectivity index (χ2v) is 10.5. The van der Waals surface area contributed by atoms with Crippen LogP contribution in [0.5, 0.6) is 0 Å². The molecule has 5 aliphatic rings. The Kier molecular flexibility index (Phi) is 4.57. The Hall–Kier alpha value is -2.18. The summed E-state index contributed by atoms with van der Waals surface area (Å²) >= 11 is 0. The number of esters is 1. The van der Waals surface area contributed by atoms with Gasteiger partial charge in [-0.25, -0.2) is 0 Å². The van der Waals surface area contributed by atoms with E-state index in [1.165, 1.54) is 5.57 Å². The molecule has 1 spiro atoms. The van der Waals surface area contributed by atoms with Crippen LogP contribution in [0.3, 0.4) is 0 Å². The average Bonchev–Trinajstić information content (AvgIpc) is 3.12. The van der Waals surface area contributed by atoms with Crippen molar-refractivity contribution in [2.75, 3.05) is 32.7 Å². The minimum atomic E-state index is -0.144. The topological polar surface area (TPSA) is 62.4 Å². The van der Waals surface area contributed by atoms with Gasteiger partial charge < -0.3 is 14.4 Å². The molecule has 3 aliphatic heterocycles. The first kappa shape index (κ1) is 20.4. The number of nitrogens with zero attached hydrogens (tertiary/aromatic N) is 2. The van der Waals surface area contributed by atoms with Crippen molar-refractivity contribution in [3.63, 3.8) is 0 Å². The third-order valence-corrected chi connectivity index (χ3v) is 8.89. The summed E-state index contributed by atoms with van der Waals surface area (Å²) in [7, 11) is 0. The van der Waals surface area contributed by atoms with Crippen molar-refractivity contribution in [1.82, 2.24) is 9.80 Å². The monoisotopic (exact) mass is 436 g/mol. The SMILES string of the molecule is CC1=CCC23OC2(C)CCC2C(CN4CCN(C(=O)c5ccccc5)CC4)C(=O)OC2C13. The smallest absolute Gasteiger partial charge is 0.310 e. The molecule has 3 heterocycles. The molecule has 0 N–H and O–H groups in total. The number of rotatable bonds is 3. The largest absolute Gasteiger partial charge is 0.461 e. The van der Waals surface area contributed by atoms with Crippen LogP contribution in [-0.2, 0) is 14.3 Å². The van der Waals surface area contributed by atoms with Crippen LogP contribution in [0.25, 0.3) is 0 Å². The maximum Gasteiger partial charge on any atom is 0.310 e. The summed E-state index contributed by atoms with van der Waals surface area (Å²) in [6, 6.07) is 9.47. The predicted octanol–water partition coefficient (Wildman–Crippen LogP) is 2.89. The highest BCUT2D eigenvalue weighted by atomic mass is 16.6. The molecule has 2 aliphatic carbocycles. The molecule has 0 bridgehead atoms. The van der Waals surface area contributed by atoms with E-state index in [0.717, 1.165) is 44.5 Å². The van der Waals surface area contributed by atoms with Crippen LogP contribution in [0.1, 0.15) is 43.5 Å². The molecular formula is C26H32N2O4. The Morgan fingerprint density at radius 3 is 2.66 bits per heavy atom. The lowest BCUT2D eigenvalue weighted by Gasteiger charge is -2.36. The van der Waals surface area contributed by atoms with Gasteiger partial charge in [-0.3, -0.25) is 14.5 Å². The highest BCUT2D eigenvalue weighted by Crippen LogP contribution is 2.67. The zero-order valence-corrected chi connectivity index (χ0v) is 19.0. The van der Waals surface area contributed by atoms with Crippen LogP contribution >= 0.6 is 0 Å². The lowest BCUT2D eigenvalue weighted by atomic mass is 9.77. The Morgan fingerprint density at radius 2 is 1.91 bits per heavy atom. The number of hydrogen-bond donors (Lipinski definition) is 0. The van der Waals surface area contributed by atoms with Gasteiger partial charge in [-0.1, -0.05) is 29.8 Å². The standard InChI is InChI=1S/C26H32N2O4/c1-17-8-11-26-21(17)22-19(9-10-25(26,2)32-26)20(24(30)31-22)16-27-12-14-28(15-13-27)23(29)18-6-4-3-5-7-18/h3-8,19-22H,9-16H2,1-2H3. The van der Waals surface area contributed by atoms with Crippen molar-refractivity contribution in [2.45, 2.75) is 50.4 Å². The van der Waals surface area contributed by atoms with Gasteiger partial charge in [-0.05, 0) is 45.2 Å². The van der Waals surface area contributed by atoms with Gasteiger partial charge in [0.1, 0.15) is 11.7 Å². The van der Waals surface area contributed by atoms with Gasteiger partial charge in [0.2, 0.25) is 0 Å². The summed E-state index contributed by atoms with van der Waals surface area (Å²) in [6.07, 6.45) is 5.16. The maximum atomic E-state index is 13.0. The number of benzene rings is 1. The second-order valence-electron chi connectivity index (χ2n) is 10.5. The molecule has 0 aromatic heterocycles. The van der Waals surface area contributed by atoms with Crippen molar-refractivity contribution in [3.05, 3.63) is 47.5 Å². The first-order valence-electron chi connectivity index (χ1n) is 12.1. The number of fused-ring (bicyclic) bond motifs is 2. The summed E-state index contributed by atoms with van der Waals surface area (Å²) < 4.78 is 12.4. The first-order chi connectivity index (χ1) is 15.4. The van der Waals surface area contributed by atoms with Crippen molar-refractivity contribution >= 4 is 11.9 Å². The fourth-order valence-corrected chi connectivity index (χ4v) is 6.97. The lowest BCUT2D eigenvalue weighted by molar-refractivity contribution is -0.146. The van der Waals surface area contributed by atoms with Gasteiger partial charge >= 0.3 is 5.97 Å². The number of amides is 1. The van der Waals surface area contributed by atoms with Crippen LogP contribution < -0.4 is 0 Å². The molecule has 0 radical (unpaired) electrons. The first-order valence-corrected chi connectivity index (χ1v) is 12.1. The average molecular weight is 437 g/mol. The molecule has 6 atom stereocenters. The van der Waals surface area contributed by atoms with Crippen LogP contribution in [0.4, 0.5) is 0 Å². The van der Waals surface area contributed by atoms with Crippen molar-refractivity contribution < 1.29 is 19.1 Å². The molecular weight excluding hydrogens is 404 g/mol. The third kappa shape index (κ3) is 2.92. The number of carbonyl (C=O) groups is 2. The number of piperazine rings is 1. The van der Waals surface area contributed by atoms with Crippen LogP contribution in [0, 0.1) is 17.8 Å². The summed E-state index contributed by atoms with van der Waals surface area (Å²) in [5.41, 5.74) is 1.85. The van der Waals surface area contributed by atoms with Crippen molar-refractivity contribution in [2.24, 2.45) is 17.8 Å². The minimum absolute atomic E-state index is 0.0399. The van der Waals surface area contributed by atoms with Crippen LogP contribution in [0.15, 0.2) is 42.0 Å². The van der Waals surface area contributed by atoms with E-state index in [0.29, 0.717) is 13.1 Å². The Balaban J connectivity index is 1.12. The van der Waals surface area contributed by atoms with E-state index in [1.54, 1.807) is 0 Å². The maximum absolute atomic E-state index is 13.0. The molecule has 170 valence electrons. The Bertz CT molecular complexity index is 969. The molecule has 1 aromatic carbocycles. The summed E-state index contributed by atoms with van der Waals surface area (Å²) in [5, 5.41) is 0. The molecule has 3 saturated heterocycles. The van der Waals surface area contributed by atoms with Gasteiger partial charge in [0, 0.05) is 50.1 Å². The highest BCUT2D eigenvalue weighted by molar-refractivity contribution is 5.94. The fourth-order valence-electron chi connectivity index (χ4n) is 6.97. The Morgan fingerprint density at radius 1 is 1.16 bits per heavy atom. The molecule has 6 nitrogen and oxygen atoms in total. The van der Waals surface area contributed by atoms with Gasteiger partial charge in [-0.15, -0.1) is 0 Å². The van der Waals surface area contributed by atoms with E-state index >= 15 is 0 Å². The van der Waals surface area contributed by atoms with E-state index in [1.807, 2.05) is 35.2 Å². The number of carbonyl (C=O) groups excluding carboxylic acids is 2. The summed E-state index contributed by atoms with van der Waals surface area (Å²) in [6.45, 7) is 8.14. The van der Waals surface area contributed by atoms with Gasteiger partial charge in [0.15, 0.2) is 0 Å². The zero-order chi connectivity index (χ0) is 22.1. The second kappa shape index (κ2) is 7.16. The molecule has 32 heavy (non-hydrogen) atoms. The number of hydrogen-bond acceptors (Lipinski definition) is 5. The summed E-state index contributed by atoms with van der Waals surface area (Å²) in [5.74, 6) is 0.428. The van der Waals surface area contributed by atoms with Crippen LogP contribution in [-0.4, -0.2) is 71.7 Å². The molecule has 6 heteroatoms. The van der Waals surface area contributed by atoms with Gasteiger partial charge in [0.05, 0.1) is 11.5 Å². The quantitative estimate of drug-likeness (QED) is 0.414. The van der Waals surface area contributed by atoms with E-state index in [2.05, 4.69) is 24.8 Å². The van der Waals surface area contributed by atoms with E-state index in [-0.39, 0.29) is 46.9 Å².